The predicted molar refractivity (Wildman–Crippen MR) is 120 cm³/mol. The normalized spacial score (nSPS) is 15.7. The molecule has 164 valence electrons. The summed E-state index contributed by atoms with van der Waals surface area (Å²) >= 11 is 0. The zero-order chi connectivity index (χ0) is 22.4. The van der Waals surface area contributed by atoms with E-state index >= 15 is 0 Å². The molecular formula is C23H29N5O3. The number of benzene rings is 1. The first kappa shape index (κ1) is 22.4. The molecule has 0 bridgehead atoms. The molecule has 1 unspecified atom stereocenters. The number of nitrogens with zero attached hydrogens (tertiary/aromatic N) is 2. The predicted octanol–water partition coefficient (Wildman–Crippen LogP) is 3.09. The number of amides is 4. The Labute approximate surface area is 182 Å². The quantitative estimate of drug-likeness (QED) is 0.686. The van der Waals surface area contributed by atoms with E-state index in [9.17, 15) is 14.4 Å². The molecule has 8 heteroatoms. The fourth-order valence-corrected chi connectivity index (χ4v) is 3.70. The van der Waals surface area contributed by atoms with Crippen molar-refractivity contribution in [3.8, 4) is 0 Å². The third-order valence-corrected chi connectivity index (χ3v) is 5.61. The van der Waals surface area contributed by atoms with Crippen LogP contribution in [0.5, 0.6) is 0 Å². The van der Waals surface area contributed by atoms with Gasteiger partial charge in [0.05, 0.1) is 6.04 Å². The van der Waals surface area contributed by atoms with Gasteiger partial charge in [0, 0.05) is 17.8 Å². The van der Waals surface area contributed by atoms with Crippen LogP contribution in [0, 0.1) is 19.8 Å². The highest BCUT2D eigenvalue weighted by molar-refractivity contribution is 6.03. The number of rotatable bonds is 5. The molecule has 1 saturated heterocycles. The minimum Gasteiger partial charge on any atom is -0.310 e. The van der Waals surface area contributed by atoms with Crippen molar-refractivity contribution in [2.75, 3.05) is 23.7 Å². The average molecular weight is 424 g/mol. The zero-order valence-electron chi connectivity index (χ0n) is 18.1. The van der Waals surface area contributed by atoms with E-state index in [1.54, 1.807) is 25.3 Å². The summed E-state index contributed by atoms with van der Waals surface area (Å²) in [5.41, 5.74) is 2.70. The van der Waals surface area contributed by atoms with Gasteiger partial charge in [0.1, 0.15) is 5.82 Å². The first-order chi connectivity index (χ1) is 14.8. The number of urea groups is 1. The van der Waals surface area contributed by atoms with E-state index in [0.717, 1.165) is 11.1 Å². The molecule has 3 rings (SSSR count). The van der Waals surface area contributed by atoms with Gasteiger partial charge in [-0.05, 0) is 70.5 Å². The summed E-state index contributed by atoms with van der Waals surface area (Å²) in [6.45, 7) is 6.86. The van der Waals surface area contributed by atoms with Crippen molar-refractivity contribution in [3.05, 3.63) is 53.7 Å². The summed E-state index contributed by atoms with van der Waals surface area (Å²) in [6.07, 6.45) is 2.92. The van der Waals surface area contributed by atoms with Crippen LogP contribution in [0.4, 0.5) is 16.3 Å². The van der Waals surface area contributed by atoms with Crippen LogP contribution in [0.3, 0.4) is 0 Å². The van der Waals surface area contributed by atoms with E-state index in [1.807, 2.05) is 43.0 Å². The minimum absolute atomic E-state index is 0.0525. The van der Waals surface area contributed by atoms with Crippen molar-refractivity contribution in [1.29, 1.82) is 0 Å². The van der Waals surface area contributed by atoms with Gasteiger partial charge in [-0.1, -0.05) is 23.8 Å². The summed E-state index contributed by atoms with van der Waals surface area (Å²) in [7, 11) is 0. The number of carbonyl (C=O) groups is 3. The highest BCUT2D eigenvalue weighted by Crippen LogP contribution is 2.21. The van der Waals surface area contributed by atoms with E-state index in [2.05, 4.69) is 20.9 Å². The number of pyridine rings is 1. The third-order valence-electron chi connectivity index (χ3n) is 5.61. The molecule has 8 nitrogen and oxygen atoms in total. The lowest BCUT2D eigenvalue weighted by molar-refractivity contribution is -0.126. The number of anilines is 2. The van der Waals surface area contributed by atoms with Crippen molar-refractivity contribution in [1.82, 2.24) is 15.2 Å². The molecule has 1 aromatic carbocycles. The van der Waals surface area contributed by atoms with Crippen molar-refractivity contribution in [2.45, 2.75) is 39.7 Å². The Balaban J connectivity index is 1.46. The molecule has 0 spiro atoms. The molecule has 2 aromatic rings. The van der Waals surface area contributed by atoms with Crippen LogP contribution in [0.1, 0.15) is 30.9 Å². The van der Waals surface area contributed by atoms with Crippen molar-refractivity contribution < 1.29 is 14.4 Å². The maximum absolute atomic E-state index is 12.5. The Hall–Kier alpha value is -3.26. The van der Waals surface area contributed by atoms with Gasteiger partial charge in [0.2, 0.25) is 11.8 Å². The lowest BCUT2D eigenvalue weighted by Gasteiger charge is -2.34. The number of imide groups is 1. The average Bonchev–Trinajstić information content (AvgIpc) is 2.76. The highest BCUT2D eigenvalue weighted by atomic mass is 16.2. The van der Waals surface area contributed by atoms with Crippen LogP contribution in [0.25, 0.3) is 0 Å². The highest BCUT2D eigenvalue weighted by Gasteiger charge is 2.30. The van der Waals surface area contributed by atoms with E-state index in [-0.39, 0.29) is 17.7 Å². The molecular weight excluding hydrogens is 394 g/mol. The smallest absolute Gasteiger partial charge is 0.310 e. The standard InChI is InChI=1S/C23H29N5O3/c1-15-7-8-19(16(2)14-15)25-23(31)27-21(29)17(3)28-12-9-18(10-13-28)22(30)26-20-6-4-5-11-24-20/h4-8,11,14,17-18H,9-10,12-13H2,1-3H3,(H,24,26,30)(H2,25,27,29,31). The van der Waals surface area contributed by atoms with Crippen molar-refractivity contribution in [2.24, 2.45) is 5.92 Å². The number of hydrogen-bond donors (Lipinski definition) is 3. The van der Waals surface area contributed by atoms with Gasteiger partial charge < -0.3 is 10.6 Å². The Morgan fingerprint density at radius 2 is 1.81 bits per heavy atom. The van der Waals surface area contributed by atoms with Gasteiger partial charge in [0.25, 0.3) is 0 Å². The molecule has 3 N–H and O–H groups in total. The molecule has 2 heterocycles. The second-order valence-electron chi connectivity index (χ2n) is 7.95. The number of nitrogens with one attached hydrogen (secondary N) is 3. The van der Waals surface area contributed by atoms with Crippen LogP contribution >= 0.6 is 0 Å². The SMILES string of the molecule is Cc1ccc(NC(=O)NC(=O)C(C)N2CCC(C(=O)Nc3ccccn3)CC2)c(C)c1. The van der Waals surface area contributed by atoms with Crippen molar-refractivity contribution in [3.63, 3.8) is 0 Å². The van der Waals surface area contributed by atoms with Gasteiger partial charge in [-0.15, -0.1) is 0 Å². The van der Waals surface area contributed by atoms with Gasteiger partial charge in [-0.25, -0.2) is 9.78 Å². The third kappa shape index (κ3) is 6.11. The number of hydrogen-bond acceptors (Lipinski definition) is 5. The largest absolute Gasteiger partial charge is 0.325 e. The molecule has 0 saturated carbocycles. The van der Waals surface area contributed by atoms with Crippen LogP contribution < -0.4 is 16.0 Å². The van der Waals surface area contributed by atoms with E-state index < -0.39 is 12.1 Å². The second kappa shape index (κ2) is 10.2. The van der Waals surface area contributed by atoms with E-state index in [1.165, 1.54) is 0 Å². The molecule has 0 aliphatic carbocycles. The first-order valence-electron chi connectivity index (χ1n) is 10.5. The molecule has 0 radical (unpaired) electrons. The monoisotopic (exact) mass is 423 g/mol. The summed E-state index contributed by atoms with van der Waals surface area (Å²) in [6, 6.07) is 10.0. The maximum atomic E-state index is 12.5. The fraction of sp³-hybridized carbons (Fsp3) is 0.391. The second-order valence-corrected chi connectivity index (χ2v) is 7.95. The molecule has 1 atom stereocenters. The summed E-state index contributed by atoms with van der Waals surface area (Å²) in [4.78, 5) is 43.3. The van der Waals surface area contributed by atoms with Crippen molar-refractivity contribution >= 4 is 29.4 Å². The fourth-order valence-electron chi connectivity index (χ4n) is 3.70. The van der Waals surface area contributed by atoms with Crippen LogP contribution in [0.2, 0.25) is 0 Å². The summed E-state index contributed by atoms with van der Waals surface area (Å²) in [5, 5.41) is 7.97. The lowest BCUT2D eigenvalue weighted by atomic mass is 9.95. The van der Waals surface area contributed by atoms with Gasteiger partial charge in [-0.3, -0.25) is 19.8 Å². The molecule has 1 fully saturated rings. The van der Waals surface area contributed by atoms with Crippen LogP contribution in [-0.2, 0) is 9.59 Å². The zero-order valence-corrected chi connectivity index (χ0v) is 18.1. The Bertz CT molecular complexity index is 939. The number of likely N-dealkylation sites (tertiary alicyclic amines) is 1. The number of piperidine rings is 1. The summed E-state index contributed by atoms with van der Waals surface area (Å²) in [5.74, 6) is 0.000724. The van der Waals surface area contributed by atoms with Crippen LogP contribution in [-0.4, -0.2) is 46.9 Å². The topological polar surface area (TPSA) is 103 Å². The van der Waals surface area contributed by atoms with E-state index in [0.29, 0.717) is 37.4 Å². The van der Waals surface area contributed by atoms with Crippen LogP contribution in [0.15, 0.2) is 42.6 Å². The lowest BCUT2D eigenvalue weighted by Crippen LogP contribution is -2.51. The number of aryl methyl sites for hydroxylation is 2. The first-order valence-corrected chi connectivity index (χ1v) is 10.5. The van der Waals surface area contributed by atoms with Gasteiger partial charge >= 0.3 is 6.03 Å². The minimum atomic E-state index is -0.548. The van der Waals surface area contributed by atoms with Gasteiger partial charge in [0.15, 0.2) is 0 Å². The Morgan fingerprint density at radius 1 is 1.06 bits per heavy atom. The molecule has 1 aromatic heterocycles. The number of aromatic nitrogens is 1. The summed E-state index contributed by atoms with van der Waals surface area (Å²) < 4.78 is 0. The van der Waals surface area contributed by atoms with E-state index in [4.69, 9.17) is 0 Å². The molecule has 4 amide bonds. The maximum Gasteiger partial charge on any atom is 0.325 e. The molecule has 1 aliphatic heterocycles. The molecule has 31 heavy (non-hydrogen) atoms. The Morgan fingerprint density at radius 3 is 2.45 bits per heavy atom. The number of carbonyl (C=O) groups excluding carboxylic acids is 3. The van der Waals surface area contributed by atoms with Gasteiger partial charge in [-0.2, -0.15) is 0 Å². The molecule has 1 aliphatic rings. The Kier molecular flexibility index (Phi) is 7.36.